The highest BCUT2D eigenvalue weighted by Crippen LogP contribution is 2.36. The monoisotopic (exact) mass is 410 g/mol. The van der Waals surface area contributed by atoms with Crippen molar-refractivity contribution in [3.8, 4) is 23.0 Å². The van der Waals surface area contributed by atoms with Crippen LogP contribution < -0.4 is 24.7 Å². The zero-order chi connectivity index (χ0) is 21.1. The van der Waals surface area contributed by atoms with Gasteiger partial charge in [0, 0.05) is 29.1 Å². The van der Waals surface area contributed by atoms with Gasteiger partial charge in [0.1, 0.15) is 24.2 Å². The molecular weight excluding hydrogens is 384 g/mol. The van der Waals surface area contributed by atoms with Crippen LogP contribution in [0.2, 0.25) is 0 Å². The second kappa shape index (κ2) is 8.57. The van der Waals surface area contributed by atoms with Crippen LogP contribution in [0.4, 0.5) is 0 Å². The number of aromatic amines is 1. The summed E-state index contributed by atoms with van der Waals surface area (Å²) in [6, 6.07) is 11.3. The second-order valence-electron chi connectivity index (χ2n) is 7.46. The first-order chi connectivity index (χ1) is 14.6. The quantitative estimate of drug-likeness (QED) is 0.593. The molecule has 0 fully saturated rings. The van der Waals surface area contributed by atoms with E-state index in [2.05, 4.69) is 4.98 Å². The van der Waals surface area contributed by atoms with Crippen molar-refractivity contribution in [2.75, 3.05) is 20.8 Å². The summed E-state index contributed by atoms with van der Waals surface area (Å²) in [6.07, 6.45) is 3.58. The lowest BCUT2D eigenvalue weighted by Crippen LogP contribution is -2.35. The number of carbonyl (C=O) groups excluding carboxylic acids is 1. The number of carbonyl (C=O) groups is 1. The van der Waals surface area contributed by atoms with E-state index in [0.717, 1.165) is 28.6 Å². The lowest BCUT2D eigenvalue weighted by molar-refractivity contribution is -0.123. The predicted octanol–water partition coefficient (Wildman–Crippen LogP) is 3.45. The summed E-state index contributed by atoms with van der Waals surface area (Å²) in [5.41, 5.74) is 7.88. The van der Waals surface area contributed by atoms with Gasteiger partial charge in [-0.2, -0.15) is 0 Å². The molecule has 2 heterocycles. The number of aryl methyl sites for hydroxylation is 1. The van der Waals surface area contributed by atoms with Crippen LogP contribution in [-0.4, -0.2) is 37.8 Å². The van der Waals surface area contributed by atoms with Gasteiger partial charge >= 0.3 is 0 Å². The van der Waals surface area contributed by atoms with E-state index in [0.29, 0.717) is 36.7 Å². The van der Waals surface area contributed by atoms with E-state index in [-0.39, 0.29) is 17.9 Å². The number of hydrogen-bond donors (Lipinski definition) is 2. The molecular formula is C23H26N2O5. The van der Waals surface area contributed by atoms with Crippen LogP contribution >= 0.6 is 0 Å². The van der Waals surface area contributed by atoms with Crippen molar-refractivity contribution in [1.82, 2.24) is 4.98 Å². The summed E-state index contributed by atoms with van der Waals surface area (Å²) in [7, 11) is 3.25. The van der Waals surface area contributed by atoms with Crippen LogP contribution in [0.15, 0.2) is 42.6 Å². The fourth-order valence-corrected chi connectivity index (χ4v) is 3.85. The molecule has 0 bridgehead atoms. The van der Waals surface area contributed by atoms with Gasteiger partial charge in [0.05, 0.1) is 14.2 Å². The highest BCUT2D eigenvalue weighted by Gasteiger charge is 2.27. The third kappa shape index (κ3) is 4.15. The summed E-state index contributed by atoms with van der Waals surface area (Å²) in [5.74, 6) is 2.15. The maximum absolute atomic E-state index is 12.1. The molecule has 0 radical (unpaired) electrons. The molecule has 3 aromatic rings. The van der Waals surface area contributed by atoms with Gasteiger partial charge in [-0.05, 0) is 55.2 Å². The van der Waals surface area contributed by atoms with E-state index in [4.69, 9.17) is 24.7 Å². The summed E-state index contributed by atoms with van der Waals surface area (Å²) < 4.78 is 22.4. The van der Waals surface area contributed by atoms with Gasteiger partial charge in [0.15, 0.2) is 11.5 Å². The van der Waals surface area contributed by atoms with E-state index in [1.165, 1.54) is 0 Å². The molecule has 0 aliphatic carbocycles. The molecule has 2 atom stereocenters. The smallest absolute Gasteiger partial charge is 0.220 e. The molecule has 1 aliphatic rings. The van der Waals surface area contributed by atoms with Crippen molar-refractivity contribution < 1.29 is 23.7 Å². The number of H-pyrrole nitrogens is 1. The van der Waals surface area contributed by atoms with Crippen molar-refractivity contribution in [3.05, 3.63) is 48.2 Å². The van der Waals surface area contributed by atoms with E-state index in [1.807, 2.05) is 36.5 Å². The van der Waals surface area contributed by atoms with E-state index in [9.17, 15) is 4.79 Å². The Morgan fingerprint density at radius 2 is 1.93 bits per heavy atom. The zero-order valence-corrected chi connectivity index (χ0v) is 17.1. The van der Waals surface area contributed by atoms with Crippen LogP contribution in [0.1, 0.15) is 18.4 Å². The van der Waals surface area contributed by atoms with Crippen molar-refractivity contribution in [3.63, 3.8) is 0 Å². The zero-order valence-electron chi connectivity index (χ0n) is 17.1. The number of fused-ring (bicyclic) bond motifs is 2. The molecule has 7 heteroatoms. The molecule has 30 heavy (non-hydrogen) atoms. The minimum absolute atomic E-state index is 0.245. The minimum atomic E-state index is -0.326. The van der Waals surface area contributed by atoms with Gasteiger partial charge in [-0.15, -0.1) is 0 Å². The second-order valence-corrected chi connectivity index (χ2v) is 7.46. The first-order valence-electron chi connectivity index (χ1n) is 9.98. The minimum Gasteiger partial charge on any atom is -0.497 e. The lowest BCUT2D eigenvalue weighted by Gasteiger charge is -2.28. The highest BCUT2D eigenvalue weighted by molar-refractivity contribution is 5.84. The molecule has 1 amide bonds. The maximum atomic E-state index is 12.1. The third-order valence-electron chi connectivity index (χ3n) is 5.56. The summed E-state index contributed by atoms with van der Waals surface area (Å²) in [5, 5.41) is 1.09. The number of ether oxygens (including phenoxy) is 4. The number of nitrogens with one attached hydrogen (secondary N) is 1. The average Bonchev–Trinajstić information content (AvgIpc) is 3.17. The fourth-order valence-electron chi connectivity index (χ4n) is 3.85. The number of nitrogens with two attached hydrogens (primary N) is 1. The number of rotatable bonds is 8. The standard InChI is InChI=1S/C23H26N2O5/c1-27-16-5-7-20-19(10-16)15(12-25-20)4-3-14(23(24)26)9-18-13-29-21-8-6-17(28-2)11-22(21)30-18/h5-8,10-12,14,18,25H,3-4,9,13H2,1-2H3,(H2,24,26). The summed E-state index contributed by atoms with van der Waals surface area (Å²) in [6.45, 7) is 0.382. The number of methoxy groups -OCH3 is 2. The Morgan fingerprint density at radius 3 is 2.70 bits per heavy atom. The summed E-state index contributed by atoms with van der Waals surface area (Å²) >= 11 is 0. The highest BCUT2D eigenvalue weighted by atomic mass is 16.6. The third-order valence-corrected chi connectivity index (χ3v) is 5.56. The normalized spacial score (nSPS) is 16.3. The number of aromatic nitrogens is 1. The van der Waals surface area contributed by atoms with E-state index >= 15 is 0 Å². The Balaban J connectivity index is 1.43. The first-order valence-corrected chi connectivity index (χ1v) is 9.98. The molecule has 1 aromatic heterocycles. The molecule has 158 valence electrons. The SMILES string of the molecule is COc1ccc2c(c1)OC(CC(CCc1c[nH]c3ccc(OC)cc13)C(N)=O)CO2. The molecule has 2 aromatic carbocycles. The Hall–Kier alpha value is -3.35. The number of benzene rings is 2. The van der Waals surface area contributed by atoms with E-state index in [1.54, 1.807) is 20.3 Å². The molecule has 0 saturated heterocycles. The lowest BCUT2D eigenvalue weighted by atomic mass is 9.93. The predicted molar refractivity (Wildman–Crippen MR) is 113 cm³/mol. The van der Waals surface area contributed by atoms with E-state index < -0.39 is 0 Å². The average molecular weight is 410 g/mol. The van der Waals surface area contributed by atoms with Gasteiger partial charge in [-0.25, -0.2) is 0 Å². The first kappa shape index (κ1) is 19.9. The van der Waals surface area contributed by atoms with Crippen LogP contribution in [0.5, 0.6) is 23.0 Å². The van der Waals surface area contributed by atoms with Gasteiger partial charge in [-0.3, -0.25) is 4.79 Å². The molecule has 4 rings (SSSR count). The molecule has 7 nitrogen and oxygen atoms in total. The largest absolute Gasteiger partial charge is 0.497 e. The van der Waals surface area contributed by atoms with Gasteiger partial charge in [0.2, 0.25) is 5.91 Å². The van der Waals surface area contributed by atoms with Gasteiger partial charge < -0.3 is 29.7 Å². The van der Waals surface area contributed by atoms with Crippen LogP contribution in [0.25, 0.3) is 10.9 Å². The molecule has 3 N–H and O–H groups in total. The fraction of sp³-hybridized carbons (Fsp3) is 0.348. The topological polar surface area (TPSA) is 95.8 Å². The molecule has 0 spiro atoms. The molecule has 0 saturated carbocycles. The van der Waals surface area contributed by atoms with Crippen molar-refractivity contribution in [2.45, 2.75) is 25.4 Å². The molecule has 1 aliphatic heterocycles. The van der Waals surface area contributed by atoms with Gasteiger partial charge in [-0.1, -0.05) is 0 Å². The summed E-state index contributed by atoms with van der Waals surface area (Å²) in [4.78, 5) is 15.4. The van der Waals surface area contributed by atoms with Crippen LogP contribution in [0.3, 0.4) is 0 Å². The van der Waals surface area contributed by atoms with Crippen molar-refractivity contribution in [1.29, 1.82) is 0 Å². The van der Waals surface area contributed by atoms with Crippen LogP contribution in [-0.2, 0) is 11.2 Å². The number of primary amides is 1. The number of amides is 1. The Labute approximate surface area is 175 Å². The number of hydrogen-bond acceptors (Lipinski definition) is 5. The van der Waals surface area contributed by atoms with Crippen LogP contribution in [0, 0.1) is 5.92 Å². The van der Waals surface area contributed by atoms with Gasteiger partial charge in [0.25, 0.3) is 0 Å². The maximum Gasteiger partial charge on any atom is 0.220 e. The molecule has 2 unspecified atom stereocenters. The van der Waals surface area contributed by atoms with Crippen molar-refractivity contribution >= 4 is 16.8 Å². The Morgan fingerprint density at radius 1 is 1.17 bits per heavy atom. The Bertz CT molecular complexity index is 1050. The van der Waals surface area contributed by atoms with Crippen molar-refractivity contribution in [2.24, 2.45) is 11.7 Å². The Kier molecular flexibility index (Phi) is 5.70.